The van der Waals surface area contributed by atoms with Gasteiger partial charge in [0.15, 0.2) is 0 Å². The lowest BCUT2D eigenvalue weighted by Crippen LogP contribution is -2.31. The Morgan fingerprint density at radius 1 is 1.40 bits per heavy atom. The first kappa shape index (κ1) is 8.02. The maximum Gasteiger partial charge on any atom is 0.0481 e. The first-order valence-electron chi connectivity index (χ1n) is 4.01. The Hall–Kier alpha value is -0.0800. The Bertz CT molecular complexity index is 98.3. The van der Waals surface area contributed by atoms with E-state index in [0.29, 0.717) is 5.41 Å². The molecule has 1 saturated heterocycles. The van der Waals surface area contributed by atoms with Crippen molar-refractivity contribution in [2.75, 3.05) is 26.3 Å². The van der Waals surface area contributed by atoms with Crippen LogP contribution in [0.5, 0.6) is 0 Å². The third kappa shape index (κ3) is 2.67. The van der Waals surface area contributed by atoms with Crippen molar-refractivity contribution < 1.29 is 0 Å². The van der Waals surface area contributed by atoms with Crippen LogP contribution >= 0.6 is 0 Å². The van der Waals surface area contributed by atoms with E-state index in [0.717, 1.165) is 13.2 Å². The van der Waals surface area contributed by atoms with E-state index in [9.17, 15) is 0 Å². The molecular weight excluding hydrogens is 124 g/mol. The monoisotopic (exact) mass is 142 g/mol. The summed E-state index contributed by atoms with van der Waals surface area (Å²) in [6.45, 7) is 11.5. The molecule has 0 aromatic rings. The van der Waals surface area contributed by atoms with Crippen LogP contribution in [0.15, 0.2) is 0 Å². The highest BCUT2D eigenvalue weighted by Crippen LogP contribution is 2.15. The van der Waals surface area contributed by atoms with E-state index in [4.69, 9.17) is 0 Å². The lowest BCUT2D eigenvalue weighted by Gasteiger charge is -2.24. The summed E-state index contributed by atoms with van der Waals surface area (Å²) < 4.78 is 0. The van der Waals surface area contributed by atoms with Crippen LogP contribution in [0.4, 0.5) is 0 Å². The van der Waals surface area contributed by atoms with Crippen LogP contribution in [0.2, 0.25) is 0 Å². The molecule has 0 bridgehead atoms. The van der Waals surface area contributed by atoms with E-state index >= 15 is 0 Å². The molecule has 0 unspecified atom stereocenters. The quantitative estimate of drug-likeness (QED) is 0.585. The fraction of sp³-hybridized carbons (Fsp3) is 1.00. The second-order valence-corrected chi connectivity index (χ2v) is 4.27. The molecule has 0 spiro atoms. The highest BCUT2D eigenvalue weighted by atomic mass is 15.3. The molecule has 1 aliphatic heterocycles. The van der Waals surface area contributed by atoms with Gasteiger partial charge in [-0.05, 0) is 5.41 Å². The van der Waals surface area contributed by atoms with E-state index in [1.54, 1.807) is 0 Å². The Morgan fingerprint density at radius 2 is 2.10 bits per heavy atom. The van der Waals surface area contributed by atoms with Crippen molar-refractivity contribution in [2.24, 2.45) is 5.41 Å². The van der Waals surface area contributed by atoms with Crippen molar-refractivity contribution in [1.29, 1.82) is 0 Å². The molecule has 1 aliphatic rings. The van der Waals surface area contributed by atoms with Gasteiger partial charge in [-0.1, -0.05) is 20.8 Å². The molecule has 2 heteroatoms. The van der Waals surface area contributed by atoms with Gasteiger partial charge in [0.05, 0.1) is 0 Å². The van der Waals surface area contributed by atoms with Crippen LogP contribution in [0.1, 0.15) is 20.8 Å². The first-order valence-corrected chi connectivity index (χ1v) is 4.01. The smallest absolute Gasteiger partial charge is 0.0481 e. The molecule has 2 nitrogen and oxygen atoms in total. The van der Waals surface area contributed by atoms with E-state index in [2.05, 4.69) is 31.0 Å². The summed E-state index contributed by atoms with van der Waals surface area (Å²) in [5, 5.41) is 3.32. The molecule has 0 amide bonds. The van der Waals surface area contributed by atoms with Crippen molar-refractivity contribution in [3.8, 4) is 0 Å². The lowest BCUT2D eigenvalue weighted by molar-refractivity contribution is 0.225. The summed E-state index contributed by atoms with van der Waals surface area (Å²) in [4.78, 5) is 2.46. The molecule has 0 atom stereocenters. The zero-order valence-electron chi connectivity index (χ0n) is 7.28. The average Bonchev–Trinajstić information content (AvgIpc) is 2.12. The number of hydrogen-bond acceptors (Lipinski definition) is 2. The van der Waals surface area contributed by atoms with Crippen LogP contribution in [-0.4, -0.2) is 31.2 Å². The summed E-state index contributed by atoms with van der Waals surface area (Å²) in [7, 11) is 0. The number of nitrogens with zero attached hydrogens (tertiary/aromatic N) is 1. The van der Waals surface area contributed by atoms with E-state index in [1.165, 1.54) is 13.1 Å². The second kappa shape index (κ2) is 2.89. The fourth-order valence-corrected chi connectivity index (χ4v) is 1.36. The minimum absolute atomic E-state index is 0.450. The largest absolute Gasteiger partial charge is 0.303 e. The standard InChI is InChI=1S/C8H18N2/c1-8(2,3)6-10-5-4-9-7-10/h9H,4-7H2,1-3H3. The molecule has 0 aliphatic carbocycles. The van der Waals surface area contributed by atoms with E-state index in [-0.39, 0.29) is 0 Å². The second-order valence-electron chi connectivity index (χ2n) is 4.27. The van der Waals surface area contributed by atoms with E-state index < -0.39 is 0 Å². The number of nitrogens with one attached hydrogen (secondary N) is 1. The predicted molar refractivity (Wildman–Crippen MR) is 43.9 cm³/mol. The SMILES string of the molecule is CC(C)(C)CN1CCNC1. The third-order valence-corrected chi connectivity index (χ3v) is 1.64. The van der Waals surface area contributed by atoms with Crippen molar-refractivity contribution in [3.05, 3.63) is 0 Å². The summed E-state index contributed by atoms with van der Waals surface area (Å²) in [6, 6.07) is 0. The van der Waals surface area contributed by atoms with Gasteiger partial charge in [-0.25, -0.2) is 0 Å². The van der Waals surface area contributed by atoms with Crippen molar-refractivity contribution in [3.63, 3.8) is 0 Å². The van der Waals surface area contributed by atoms with Gasteiger partial charge >= 0.3 is 0 Å². The summed E-state index contributed by atoms with van der Waals surface area (Å²) in [6.07, 6.45) is 0. The minimum Gasteiger partial charge on any atom is -0.303 e. The van der Waals surface area contributed by atoms with Crippen LogP contribution in [0.3, 0.4) is 0 Å². The highest BCUT2D eigenvalue weighted by molar-refractivity contribution is 4.72. The van der Waals surface area contributed by atoms with Gasteiger partial charge in [-0.3, -0.25) is 4.90 Å². The average molecular weight is 142 g/mol. The normalized spacial score (nSPS) is 21.9. The molecule has 1 fully saturated rings. The number of hydrogen-bond donors (Lipinski definition) is 1. The van der Waals surface area contributed by atoms with Crippen molar-refractivity contribution >= 4 is 0 Å². The van der Waals surface area contributed by atoms with Gasteiger partial charge in [-0.15, -0.1) is 0 Å². The van der Waals surface area contributed by atoms with Crippen LogP contribution in [-0.2, 0) is 0 Å². The van der Waals surface area contributed by atoms with Crippen molar-refractivity contribution in [2.45, 2.75) is 20.8 Å². The Balaban J connectivity index is 2.24. The van der Waals surface area contributed by atoms with Gasteiger partial charge in [0.1, 0.15) is 0 Å². The van der Waals surface area contributed by atoms with Crippen LogP contribution in [0.25, 0.3) is 0 Å². The molecule has 0 saturated carbocycles. The Labute approximate surface area is 63.6 Å². The Kier molecular flexibility index (Phi) is 2.32. The van der Waals surface area contributed by atoms with Gasteiger partial charge in [-0.2, -0.15) is 0 Å². The van der Waals surface area contributed by atoms with Gasteiger partial charge in [0, 0.05) is 26.3 Å². The topological polar surface area (TPSA) is 15.3 Å². The van der Waals surface area contributed by atoms with Crippen molar-refractivity contribution in [1.82, 2.24) is 10.2 Å². The molecule has 0 aromatic carbocycles. The third-order valence-electron chi connectivity index (χ3n) is 1.64. The molecule has 60 valence electrons. The van der Waals surface area contributed by atoms with Gasteiger partial charge in [0.2, 0.25) is 0 Å². The molecule has 1 heterocycles. The zero-order chi connectivity index (χ0) is 7.61. The predicted octanol–water partition coefficient (Wildman–Crippen LogP) is 0.895. The molecule has 0 radical (unpaired) electrons. The van der Waals surface area contributed by atoms with Gasteiger partial charge in [0.25, 0.3) is 0 Å². The maximum absolute atomic E-state index is 3.32. The zero-order valence-corrected chi connectivity index (χ0v) is 7.28. The van der Waals surface area contributed by atoms with Crippen LogP contribution in [0, 0.1) is 5.41 Å². The highest BCUT2D eigenvalue weighted by Gasteiger charge is 2.18. The molecule has 1 N–H and O–H groups in total. The molecular formula is C8H18N2. The lowest BCUT2D eigenvalue weighted by atomic mass is 9.96. The summed E-state index contributed by atoms with van der Waals surface area (Å²) >= 11 is 0. The molecule has 10 heavy (non-hydrogen) atoms. The molecule has 0 aromatic heterocycles. The number of rotatable bonds is 1. The maximum atomic E-state index is 3.32. The fourth-order valence-electron chi connectivity index (χ4n) is 1.36. The van der Waals surface area contributed by atoms with Crippen LogP contribution < -0.4 is 5.32 Å². The minimum atomic E-state index is 0.450. The summed E-state index contributed by atoms with van der Waals surface area (Å²) in [5.74, 6) is 0. The Morgan fingerprint density at radius 3 is 2.50 bits per heavy atom. The first-order chi connectivity index (χ1) is 4.58. The van der Waals surface area contributed by atoms with E-state index in [1.807, 2.05) is 0 Å². The molecule has 1 rings (SSSR count). The summed E-state index contributed by atoms with van der Waals surface area (Å²) in [5.41, 5.74) is 0.450. The van der Waals surface area contributed by atoms with Gasteiger partial charge < -0.3 is 5.32 Å².